The SMILES string of the molecule is CCOc1ccc(Br)cc1C(c1cccc(Cl)c1)N1CCCCC1C(=O)O. The van der Waals surface area contributed by atoms with E-state index in [0.717, 1.165) is 34.2 Å². The van der Waals surface area contributed by atoms with Crippen molar-refractivity contribution in [1.82, 2.24) is 4.90 Å². The minimum Gasteiger partial charge on any atom is -0.494 e. The zero-order valence-electron chi connectivity index (χ0n) is 15.2. The Morgan fingerprint density at radius 1 is 1.33 bits per heavy atom. The zero-order valence-corrected chi connectivity index (χ0v) is 17.5. The van der Waals surface area contributed by atoms with E-state index < -0.39 is 12.0 Å². The Bertz CT molecular complexity index is 814. The summed E-state index contributed by atoms with van der Waals surface area (Å²) in [7, 11) is 0. The molecule has 27 heavy (non-hydrogen) atoms. The fraction of sp³-hybridized carbons (Fsp3) is 0.381. The number of aliphatic carboxylic acids is 1. The van der Waals surface area contributed by atoms with Crippen molar-refractivity contribution in [2.75, 3.05) is 13.2 Å². The molecule has 0 aromatic heterocycles. The molecule has 0 amide bonds. The highest BCUT2D eigenvalue weighted by Crippen LogP contribution is 2.40. The van der Waals surface area contributed by atoms with E-state index in [1.54, 1.807) is 0 Å². The molecule has 0 aliphatic carbocycles. The molecular weight excluding hydrogens is 430 g/mol. The van der Waals surface area contributed by atoms with Crippen LogP contribution in [0.25, 0.3) is 0 Å². The molecule has 1 aliphatic heterocycles. The summed E-state index contributed by atoms with van der Waals surface area (Å²) in [5.41, 5.74) is 1.91. The van der Waals surface area contributed by atoms with E-state index in [1.165, 1.54) is 0 Å². The van der Waals surface area contributed by atoms with Crippen molar-refractivity contribution in [3.63, 3.8) is 0 Å². The molecule has 2 atom stereocenters. The van der Waals surface area contributed by atoms with Crippen molar-refractivity contribution in [2.24, 2.45) is 0 Å². The Morgan fingerprint density at radius 2 is 2.15 bits per heavy atom. The van der Waals surface area contributed by atoms with Gasteiger partial charge in [0, 0.05) is 15.1 Å². The van der Waals surface area contributed by atoms with Crippen molar-refractivity contribution in [1.29, 1.82) is 0 Å². The number of benzene rings is 2. The van der Waals surface area contributed by atoms with E-state index in [0.29, 0.717) is 24.6 Å². The van der Waals surface area contributed by atoms with Crippen LogP contribution in [-0.2, 0) is 4.79 Å². The standard InChI is InChI=1S/C21H23BrClNO3/c1-2-27-19-10-9-15(22)13-17(19)20(14-6-5-7-16(23)12-14)24-11-4-3-8-18(24)21(25)26/h5-7,9-10,12-13,18,20H,2-4,8,11H2,1H3,(H,25,26). The van der Waals surface area contributed by atoms with Gasteiger partial charge in [0.25, 0.3) is 0 Å². The number of carbonyl (C=O) groups is 1. The van der Waals surface area contributed by atoms with Crippen molar-refractivity contribution in [2.45, 2.75) is 38.3 Å². The van der Waals surface area contributed by atoms with Crippen molar-refractivity contribution in [3.05, 3.63) is 63.1 Å². The lowest BCUT2D eigenvalue weighted by atomic mass is 9.91. The molecule has 4 nitrogen and oxygen atoms in total. The van der Waals surface area contributed by atoms with Gasteiger partial charge in [0.2, 0.25) is 0 Å². The summed E-state index contributed by atoms with van der Waals surface area (Å²) in [6.07, 6.45) is 2.54. The number of hydrogen-bond donors (Lipinski definition) is 1. The van der Waals surface area contributed by atoms with Gasteiger partial charge in [-0.05, 0) is 62.2 Å². The second-order valence-corrected chi connectivity index (χ2v) is 8.01. The lowest BCUT2D eigenvalue weighted by Gasteiger charge is -2.40. The van der Waals surface area contributed by atoms with Gasteiger partial charge in [-0.3, -0.25) is 9.69 Å². The lowest BCUT2D eigenvalue weighted by Crippen LogP contribution is -2.46. The maximum Gasteiger partial charge on any atom is 0.320 e. The number of hydrogen-bond acceptors (Lipinski definition) is 3. The van der Waals surface area contributed by atoms with Gasteiger partial charge in [-0.25, -0.2) is 0 Å². The molecule has 1 fully saturated rings. The van der Waals surface area contributed by atoms with E-state index in [4.69, 9.17) is 16.3 Å². The summed E-state index contributed by atoms with van der Waals surface area (Å²) in [5, 5.41) is 10.5. The van der Waals surface area contributed by atoms with E-state index in [9.17, 15) is 9.90 Å². The molecule has 1 heterocycles. The van der Waals surface area contributed by atoms with Crippen LogP contribution in [0.2, 0.25) is 5.02 Å². The van der Waals surface area contributed by atoms with Crippen LogP contribution in [0.15, 0.2) is 46.9 Å². The fourth-order valence-electron chi connectivity index (χ4n) is 3.77. The second kappa shape index (κ2) is 9.09. The summed E-state index contributed by atoms with van der Waals surface area (Å²) < 4.78 is 6.81. The Labute approximate surface area is 173 Å². The van der Waals surface area contributed by atoms with Gasteiger partial charge < -0.3 is 9.84 Å². The van der Waals surface area contributed by atoms with Gasteiger partial charge in [0.05, 0.1) is 12.6 Å². The molecule has 2 aromatic rings. The Morgan fingerprint density at radius 3 is 2.85 bits per heavy atom. The monoisotopic (exact) mass is 451 g/mol. The number of rotatable bonds is 6. The van der Waals surface area contributed by atoms with Gasteiger partial charge >= 0.3 is 5.97 Å². The smallest absolute Gasteiger partial charge is 0.320 e. The molecule has 0 radical (unpaired) electrons. The van der Waals surface area contributed by atoms with E-state index in [-0.39, 0.29) is 6.04 Å². The molecule has 0 bridgehead atoms. The number of carboxylic acid groups (broad SMARTS) is 1. The molecule has 2 unspecified atom stereocenters. The predicted molar refractivity (Wildman–Crippen MR) is 111 cm³/mol. The van der Waals surface area contributed by atoms with E-state index in [2.05, 4.69) is 20.8 Å². The first-order valence-electron chi connectivity index (χ1n) is 9.17. The van der Waals surface area contributed by atoms with Crippen LogP contribution in [0.4, 0.5) is 0 Å². The first-order chi connectivity index (χ1) is 13.0. The summed E-state index contributed by atoms with van der Waals surface area (Å²) in [6.45, 7) is 3.20. The summed E-state index contributed by atoms with van der Waals surface area (Å²) in [5.74, 6) is -0.0185. The van der Waals surface area contributed by atoms with Crippen LogP contribution in [0.5, 0.6) is 5.75 Å². The molecule has 1 N–H and O–H groups in total. The number of piperidine rings is 1. The van der Waals surface area contributed by atoms with Crippen LogP contribution in [0.1, 0.15) is 43.4 Å². The van der Waals surface area contributed by atoms with Crippen LogP contribution < -0.4 is 4.74 Å². The molecule has 144 valence electrons. The maximum absolute atomic E-state index is 12.0. The number of likely N-dealkylation sites (tertiary alicyclic amines) is 1. The molecule has 0 spiro atoms. The second-order valence-electron chi connectivity index (χ2n) is 6.66. The third-order valence-electron chi connectivity index (χ3n) is 4.89. The minimum atomic E-state index is -0.783. The molecule has 0 saturated carbocycles. The molecule has 6 heteroatoms. The molecule has 1 aliphatic rings. The van der Waals surface area contributed by atoms with E-state index in [1.807, 2.05) is 49.4 Å². The molecular formula is C21H23BrClNO3. The van der Waals surface area contributed by atoms with Crippen LogP contribution in [0, 0.1) is 0 Å². The van der Waals surface area contributed by atoms with Crippen LogP contribution in [0.3, 0.4) is 0 Å². The first-order valence-corrected chi connectivity index (χ1v) is 10.3. The van der Waals surface area contributed by atoms with Crippen molar-refractivity contribution in [3.8, 4) is 5.75 Å². The van der Waals surface area contributed by atoms with Crippen LogP contribution >= 0.6 is 27.5 Å². The van der Waals surface area contributed by atoms with Gasteiger partial charge in [0.15, 0.2) is 0 Å². The number of nitrogens with zero attached hydrogens (tertiary/aromatic N) is 1. The average Bonchev–Trinajstić information content (AvgIpc) is 2.64. The minimum absolute atomic E-state index is 0.246. The molecule has 3 rings (SSSR count). The highest BCUT2D eigenvalue weighted by Gasteiger charge is 2.36. The third-order valence-corrected chi connectivity index (χ3v) is 5.62. The number of carboxylic acids is 1. The first kappa shape index (κ1) is 20.2. The summed E-state index contributed by atoms with van der Waals surface area (Å²) in [4.78, 5) is 14.0. The zero-order chi connectivity index (χ0) is 19.4. The van der Waals surface area contributed by atoms with Gasteiger partial charge in [-0.1, -0.05) is 46.1 Å². The Hall–Kier alpha value is -1.56. The number of ether oxygens (including phenoxy) is 1. The van der Waals surface area contributed by atoms with E-state index >= 15 is 0 Å². The normalized spacial score (nSPS) is 18.9. The summed E-state index contributed by atoms with van der Waals surface area (Å²) in [6, 6.07) is 12.8. The van der Waals surface area contributed by atoms with Crippen LogP contribution in [-0.4, -0.2) is 35.2 Å². The van der Waals surface area contributed by atoms with Gasteiger partial charge in [0.1, 0.15) is 11.8 Å². The maximum atomic E-state index is 12.0. The Kier molecular flexibility index (Phi) is 6.79. The van der Waals surface area contributed by atoms with Gasteiger partial charge in [-0.15, -0.1) is 0 Å². The highest BCUT2D eigenvalue weighted by atomic mass is 79.9. The average molecular weight is 453 g/mol. The third kappa shape index (κ3) is 4.65. The quantitative estimate of drug-likeness (QED) is 0.626. The molecule has 1 saturated heterocycles. The highest BCUT2D eigenvalue weighted by molar-refractivity contribution is 9.10. The van der Waals surface area contributed by atoms with Crippen molar-refractivity contribution < 1.29 is 14.6 Å². The lowest BCUT2D eigenvalue weighted by molar-refractivity contribution is -0.145. The van der Waals surface area contributed by atoms with Crippen molar-refractivity contribution >= 4 is 33.5 Å². The topological polar surface area (TPSA) is 49.8 Å². The summed E-state index contributed by atoms with van der Waals surface area (Å²) >= 11 is 9.83. The largest absolute Gasteiger partial charge is 0.494 e. The molecule has 2 aromatic carbocycles. The number of halogens is 2. The fourth-order valence-corrected chi connectivity index (χ4v) is 4.35. The Balaban J connectivity index is 2.16. The van der Waals surface area contributed by atoms with Gasteiger partial charge in [-0.2, -0.15) is 0 Å². The predicted octanol–water partition coefficient (Wildman–Crippen LogP) is 5.53.